The molecule has 0 unspecified atom stereocenters. The fraction of sp³-hybridized carbons (Fsp3) is 0.297. The Kier molecular flexibility index (Phi) is 8.19. The number of aromatic nitrogens is 1. The Balaban J connectivity index is 1.72. The number of benzene rings is 4. The fourth-order valence-corrected chi connectivity index (χ4v) is 6.25. The summed E-state index contributed by atoms with van der Waals surface area (Å²) in [6, 6.07) is 21.3. The van der Waals surface area contributed by atoms with Crippen LogP contribution in [0.4, 0.5) is 0 Å². The van der Waals surface area contributed by atoms with Crippen molar-refractivity contribution in [3.05, 3.63) is 78.9 Å². The van der Waals surface area contributed by atoms with Crippen LogP contribution in [-0.2, 0) is 13.0 Å². The zero-order valence-corrected chi connectivity index (χ0v) is 25.5. The SMILES string of the molecule is C=CCOc1cc2c(-c3ccc(OCC)c(OCC)c3)c3n(c2c2ccccc12)CCc1cc(OCC)c(OCC)cc1-3. The normalized spacial score (nSPS) is 12.1. The van der Waals surface area contributed by atoms with Crippen molar-refractivity contribution in [2.45, 2.75) is 40.7 Å². The van der Waals surface area contributed by atoms with Gasteiger partial charge >= 0.3 is 0 Å². The average molecular weight is 578 g/mol. The first-order valence-electron chi connectivity index (χ1n) is 15.3. The van der Waals surface area contributed by atoms with Gasteiger partial charge < -0.3 is 28.3 Å². The van der Waals surface area contributed by atoms with Crippen molar-refractivity contribution in [3.8, 4) is 51.1 Å². The summed E-state index contributed by atoms with van der Waals surface area (Å²) >= 11 is 0. The van der Waals surface area contributed by atoms with E-state index < -0.39 is 0 Å². The van der Waals surface area contributed by atoms with Gasteiger partial charge in [-0.25, -0.2) is 0 Å². The number of ether oxygens (including phenoxy) is 5. The van der Waals surface area contributed by atoms with Gasteiger partial charge in [-0.3, -0.25) is 0 Å². The van der Waals surface area contributed by atoms with Crippen LogP contribution >= 0.6 is 0 Å². The summed E-state index contributed by atoms with van der Waals surface area (Å²) in [5.74, 6) is 3.86. The number of nitrogens with zero attached hydrogens (tertiary/aromatic N) is 1. The highest BCUT2D eigenvalue weighted by Crippen LogP contribution is 2.51. The maximum atomic E-state index is 6.27. The highest BCUT2D eigenvalue weighted by Gasteiger charge is 2.29. The van der Waals surface area contributed by atoms with Crippen LogP contribution in [0, 0.1) is 0 Å². The molecule has 0 atom stereocenters. The third-order valence-electron chi connectivity index (χ3n) is 7.84. The predicted molar refractivity (Wildman–Crippen MR) is 174 cm³/mol. The van der Waals surface area contributed by atoms with E-state index in [4.69, 9.17) is 23.7 Å². The maximum Gasteiger partial charge on any atom is 0.161 e. The Hall–Kier alpha value is -4.58. The second-order valence-electron chi connectivity index (χ2n) is 10.4. The van der Waals surface area contributed by atoms with Crippen LogP contribution in [0.15, 0.2) is 73.3 Å². The van der Waals surface area contributed by atoms with Crippen molar-refractivity contribution in [1.29, 1.82) is 0 Å². The van der Waals surface area contributed by atoms with E-state index in [1.165, 1.54) is 11.1 Å². The predicted octanol–water partition coefficient (Wildman–Crippen LogP) is 8.84. The zero-order chi connectivity index (χ0) is 29.9. The van der Waals surface area contributed by atoms with Gasteiger partial charge in [0.05, 0.1) is 37.6 Å². The molecule has 0 spiro atoms. The standard InChI is InChI=1S/C37H39NO5/c1-6-19-43-31-23-29-35(25-15-16-30(39-7-2)32(21-25)40-8-3)37-28-22-34(42-10-5)33(41-9-4)20-24(28)17-18-38(37)36(29)27-14-12-11-13-26(27)31/h6,11-16,20-23H,1,7-10,17-19H2,2-5H3. The molecule has 6 rings (SSSR count). The molecule has 1 aliphatic heterocycles. The molecule has 0 radical (unpaired) electrons. The van der Waals surface area contributed by atoms with Crippen molar-refractivity contribution in [1.82, 2.24) is 4.57 Å². The molecule has 0 saturated heterocycles. The van der Waals surface area contributed by atoms with Crippen molar-refractivity contribution in [2.75, 3.05) is 33.0 Å². The van der Waals surface area contributed by atoms with Gasteiger partial charge in [0, 0.05) is 33.8 Å². The van der Waals surface area contributed by atoms with Gasteiger partial charge in [-0.05, 0) is 75.6 Å². The van der Waals surface area contributed by atoms with Crippen LogP contribution < -0.4 is 23.7 Å². The number of hydrogen-bond acceptors (Lipinski definition) is 5. The maximum absolute atomic E-state index is 6.27. The summed E-state index contributed by atoms with van der Waals surface area (Å²) in [7, 11) is 0. The largest absolute Gasteiger partial charge is 0.490 e. The van der Waals surface area contributed by atoms with Crippen molar-refractivity contribution >= 4 is 21.7 Å². The molecule has 0 aliphatic carbocycles. The van der Waals surface area contributed by atoms with Gasteiger partial charge in [0.1, 0.15) is 12.4 Å². The monoisotopic (exact) mass is 577 g/mol. The molecule has 0 bridgehead atoms. The second kappa shape index (κ2) is 12.3. The smallest absolute Gasteiger partial charge is 0.161 e. The molecule has 5 aromatic rings. The molecule has 0 fully saturated rings. The van der Waals surface area contributed by atoms with Crippen LogP contribution in [0.3, 0.4) is 0 Å². The van der Waals surface area contributed by atoms with Crippen LogP contribution in [0.2, 0.25) is 0 Å². The summed E-state index contributed by atoms with van der Waals surface area (Å²) in [4.78, 5) is 0. The molecule has 0 saturated carbocycles. The minimum Gasteiger partial charge on any atom is -0.490 e. The molecular formula is C37H39NO5. The van der Waals surface area contributed by atoms with Crippen LogP contribution in [0.25, 0.3) is 44.1 Å². The van der Waals surface area contributed by atoms with E-state index >= 15 is 0 Å². The molecule has 0 amide bonds. The lowest BCUT2D eigenvalue weighted by molar-refractivity contribution is 0.287. The molecule has 43 heavy (non-hydrogen) atoms. The molecule has 4 aromatic carbocycles. The molecule has 6 nitrogen and oxygen atoms in total. The molecular weight excluding hydrogens is 538 g/mol. The zero-order valence-electron chi connectivity index (χ0n) is 25.5. The van der Waals surface area contributed by atoms with Gasteiger partial charge in [-0.2, -0.15) is 0 Å². The second-order valence-corrected chi connectivity index (χ2v) is 10.4. The number of aryl methyl sites for hydroxylation is 2. The third-order valence-corrected chi connectivity index (χ3v) is 7.84. The summed E-state index contributed by atoms with van der Waals surface area (Å²) in [6.07, 6.45) is 2.67. The van der Waals surface area contributed by atoms with E-state index in [0.29, 0.717) is 33.0 Å². The quantitative estimate of drug-likeness (QED) is 0.139. The summed E-state index contributed by atoms with van der Waals surface area (Å²) in [5.41, 5.74) is 6.91. The summed E-state index contributed by atoms with van der Waals surface area (Å²) in [6.45, 7) is 15.4. The van der Waals surface area contributed by atoms with Gasteiger partial charge in [0.25, 0.3) is 0 Å². The molecule has 0 N–H and O–H groups in total. The Morgan fingerprint density at radius 2 is 1.33 bits per heavy atom. The van der Waals surface area contributed by atoms with Crippen molar-refractivity contribution in [3.63, 3.8) is 0 Å². The topological polar surface area (TPSA) is 51.1 Å². The van der Waals surface area contributed by atoms with Crippen molar-refractivity contribution < 1.29 is 23.7 Å². The molecule has 2 heterocycles. The highest BCUT2D eigenvalue weighted by molar-refractivity contribution is 6.17. The molecule has 1 aromatic heterocycles. The highest BCUT2D eigenvalue weighted by atomic mass is 16.5. The summed E-state index contributed by atoms with van der Waals surface area (Å²) in [5, 5.41) is 3.36. The Morgan fingerprint density at radius 3 is 2.02 bits per heavy atom. The lowest BCUT2D eigenvalue weighted by atomic mass is 9.92. The van der Waals surface area contributed by atoms with E-state index in [2.05, 4.69) is 65.7 Å². The van der Waals surface area contributed by atoms with Gasteiger partial charge in [0.2, 0.25) is 0 Å². The first-order valence-corrected chi connectivity index (χ1v) is 15.3. The summed E-state index contributed by atoms with van der Waals surface area (Å²) < 4.78 is 32.9. The van der Waals surface area contributed by atoms with E-state index in [-0.39, 0.29) is 0 Å². The Labute approximate surface area is 253 Å². The Morgan fingerprint density at radius 1 is 0.674 bits per heavy atom. The average Bonchev–Trinajstić information content (AvgIpc) is 3.36. The van der Waals surface area contributed by atoms with Crippen LogP contribution in [0.5, 0.6) is 28.7 Å². The molecule has 6 heteroatoms. The first kappa shape index (κ1) is 28.5. The fourth-order valence-electron chi connectivity index (χ4n) is 6.25. The lowest BCUT2D eigenvalue weighted by Gasteiger charge is -2.24. The van der Waals surface area contributed by atoms with Crippen LogP contribution in [-0.4, -0.2) is 37.6 Å². The van der Waals surface area contributed by atoms with Gasteiger partial charge in [0.15, 0.2) is 23.0 Å². The van der Waals surface area contributed by atoms with E-state index in [1.54, 1.807) is 6.08 Å². The molecule has 222 valence electrons. The number of fused-ring (bicyclic) bond motifs is 7. The first-order chi connectivity index (χ1) is 21.1. The van der Waals surface area contributed by atoms with E-state index in [0.717, 1.165) is 80.3 Å². The number of hydrogen-bond donors (Lipinski definition) is 0. The molecule has 1 aliphatic rings. The minimum absolute atomic E-state index is 0.427. The number of rotatable bonds is 12. The third kappa shape index (κ3) is 5.05. The van der Waals surface area contributed by atoms with E-state index in [1.807, 2.05) is 33.8 Å². The van der Waals surface area contributed by atoms with Crippen LogP contribution in [0.1, 0.15) is 33.3 Å². The lowest BCUT2D eigenvalue weighted by Crippen LogP contribution is -2.12. The van der Waals surface area contributed by atoms with E-state index in [9.17, 15) is 0 Å². The van der Waals surface area contributed by atoms with Gasteiger partial charge in [-0.1, -0.05) is 43.0 Å². The Bertz CT molecular complexity index is 1800. The minimum atomic E-state index is 0.427. The van der Waals surface area contributed by atoms with Crippen molar-refractivity contribution in [2.24, 2.45) is 0 Å². The van der Waals surface area contributed by atoms with Gasteiger partial charge in [-0.15, -0.1) is 0 Å².